The lowest BCUT2D eigenvalue weighted by atomic mass is 10.0. The fourth-order valence-corrected chi connectivity index (χ4v) is 3.25. The third-order valence-electron chi connectivity index (χ3n) is 4.57. The number of carbonyl (C=O) groups is 3. The Bertz CT molecular complexity index is 1070. The molecule has 152 valence electrons. The van der Waals surface area contributed by atoms with Crippen molar-refractivity contribution in [3.05, 3.63) is 101 Å². The van der Waals surface area contributed by atoms with E-state index in [9.17, 15) is 14.4 Å². The van der Waals surface area contributed by atoms with Crippen LogP contribution in [-0.4, -0.2) is 17.6 Å². The van der Waals surface area contributed by atoms with Gasteiger partial charge in [0.25, 0.3) is 5.91 Å². The number of Topliss-reactive ketones (excluding diaryl/α,β-unsaturated/α-hetero) is 1. The Balaban J connectivity index is 1.77. The van der Waals surface area contributed by atoms with Crippen molar-refractivity contribution in [2.75, 3.05) is 5.32 Å². The van der Waals surface area contributed by atoms with Crippen LogP contribution in [0.3, 0.4) is 0 Å². The summed E-state index contributed by atoms with van der Waals surface area (Å²) >= 11 is 6.13. The van der Waals surface area contributed by atoms with Gasteiger partial charge in [0.05, 0.1) is 23.0 Å². The van der Waals surface area contributed by atoms with Crippen LogP contribution in [0.15, 0.2) is 78.9 Å². The van der Waals surface area contributed by atoms with Crippen LogP contribution in [0.2, 0.25) is 5.02 Å². The van der Waals surface area contributed by atoms with E-state index < -0.39 is 6.04 Å². The molecule has 30 heavy (non-hydrogen) atoms. The molecule has 5 nitrogen and oxygen atoms in total. The van der Waals surface area contributed by atoms with Gasteiger partial charge in [-0.15, -0.1) is 0 Å². The number of hydrogen-bond donors (Lipinski definition) is 2. The van der Waals surface area contributed by atoms with Crippen molar-refractivity contribution in [3.8, 4) is 0 Å². The highest BCUT2D eigenvalue weighted by Gasteiger charge is 2.20. The van der Waals surface area contributed by atoms with Crippen molar-refractivity contribution in [1.29, 1.82) is 0 Å². The molecule has 0 heterocycles. The summed E-state index contributed by atoms with van der Waals surface area (Å²) < 4.78 is 0. The first-order valence-corrected chi connectivity index (χ1v) is 9.83. The summed E-state index contributed by atoms with van der Waals surface area (Å²) in [5.41, 5.74) is 2.18. The summed E-state index contributed by atoms with van der Waals surface area (Å²) in [6.07, 6.45) is 0.0184. The van der Waals surface area contributed by atoms with E-state index in [0.717, 1.165) is 5.56 Å². The van der Waals surface area contributed by atoms with Crippen LogP contribution in [0.5, 0.6) is 0 Å². The van der Waals surface area contributed by atoms with Crippen LogP contribution < -0.4 is 10.6 Å². The number of carbonyl (C=O) groups excluding carboxylic acids is 3. The van der Waals surface area contributed by atoms with E-state index in [4.69, 9.17) is 11.6 Å². The Morgan fingerprint density at radius 1 is 0.900 bits per heavy atom. The molecule has 6 heteroatoms. The van der Waals surface area contributed by atoms with Crippen molar-refractivity contribution >= 4 is 34.9 Å². The standard InChI is InChI=1S/C24H21ClN2O3/c1-16(28)18-10-7-11-19(14-18)26-23(29)15-22(17-8-3-2-4-9-17)27-24(30)20-12-5-6-13-21(20)25/h2-14,22H,15H2,1H3,(H,26,29)(H,27,30). The minimum absolute atomic E-state index is 0.0184. The molecule has 1 atom stereocenters. The van der Waals surface area contributed by atoms with Gasteiger partial charge in [0.15, 0.2) is 5.78 Å². The minimum Gasteiger partial charge on any atom is -0.345 e. The number of hydrogen-bond acceptors (Lipinski definition) is 3. The Kier molecular flexibility index (Phi) is 6.99. The molecule has 2 N–H and O–H groups in total. The summed E-state index contributed by atoms with van der Waals surface area (Å²) in [7, 11) is 0. The van der Waals surface area contributed by atoms with Gasteiger partial charge >= 0.3 is 0 Å². The van der Waals surface area contributed by atoms with Crippen LogP contribution >= 0.6 is 11.6 Å². The van der Waals surface area contributed by atoms with E-state index in [1.165, 1.54) is 6.92 Å². The van der Waals surface area contributed by atoms with Crippen LogP contribution in [0, 0.1) is 0 Å². The molecule has 0 aliphatic carbocycles. The fraction of sp³-hybridized carbons (Fsp3) is 0.125. The van der Waals surface area contributed by atoms with E-state index in [2.05, 4.69) is 10.6 Å². The second-order valence-electron chi connectivity index (χ2n) is 6.81. The third kappa shape index (κ3) is 5.55. The second-order valence-corrected chi connectivity index (χ2v) is 7.21. The molecular weight excluding hydrogens is 400 g/mol. The first kappa shape index (κ1) is 21.3. The summed E-state index contributed by atoms with van der Waals surface area (Å²) in [5, 5.41) is 6.03. The summed E-state index contributed by atoms with van der Waals surface area (Å²) in [4.78, 5) is 37.0. The van der Waals surface area contributed by atoms with Crippen LogP contribution in [0.25, 0.3) is 0 Å². The van der Waals surface area contributed by atoms with E-state index in [-0.39, 0.29) is 24.0 Å². The van der Waals surface area contributed by atoms with Gasteiger partial charge in [-0.2, -0.15) is 0 Å². The quantitative estimate of drug-likeness (QED) is 0.525. The van der Waals surface area contributed by atoms with Crippen LogP contribution in [0.1, 0.15) is 45.7 Å². The number of rotatable bonds is 7. The van der Waals surface area contributed by atoms with Crippen molar-refractivity contribution < 1.29 is 14.4 Å². The Morgan fingerprint density at radius 2 is 1.60 bits per heavy atom. The molecule has 0 aliphatic heterocycles. The first-order chi connectivity index (χ1) is 14.4. The van der Waals surface area contributed by atoms with E-state index in [1.807, 2.05) is 30.3 Å². The second kappa shape index (κ2) is 9.85. The Labute approximate surface area is 180 Å². The highest BCUT2D eigenvalue weighted by atomic mass is 35.5. The van der Waals surface area contributed by atoms with Gasteiger partial charge in [0.2, 0.25) is 5.91 Å². The molecule has 0 saturated carbocycles. The highest BCUT2D eigenvalue weighted by molar-refractivity contribution is 6.33. The molecule has 3 aromatic carbocycles. The number of amides is 2. The normalized spacial score (nSPS) is 11.4. The highest BCUT2D eigenvalue weighted by Crippen LogP contribution is 2.21. The molecule has 0 aromatic heterocycles. The van der Waals surface area contributed by atoms with Gasteiger partial charge in [-0.05, 0) is 36.8 Å². The molecule has 0 fully saturated rings. The van der Waals surface area contributed by atoms with Gasteiger partial charge in [-0.25, -0.2) is 0 Å². The Hall–Kier alpha value is -3.44. The maximum absolute atomic E-state index is 12.7. The molecule has 0 saturated heterocycles. The summed E-state index contributed by atoms with van der Waals surface area (Å²) in [5.74, 6) is -0.731. The molecule has 1 unspecified atom stereocenters. The van der Waals surface area contributed by atoms with Gasteiger partial charge in [0.1, 0.15) is 0 Å². The lowest BCUT2D eigenvalue weighted by Crippen LogP contribution is -2.31. The topological polar surface area (TPSA) is 75.3 Å². The predicted molar refractivity (Wildman–Crippen MR) is 118 cm³/mol. The molecule has 0 bridgehead atoms. The number of halogens is 1. The minimum atomic E-state index is -0.550. The molecule has 0 aliphatic rings. The van der Waals surface area contributed by atoms with E-state index >= 15 is 0 Å². The van der Waals surface area contributed by atoms with Crippen molar-refractivity contribution in [2.24, 2.45) is 0 Å². The predicted octanol–water partition coefficient (Wildman–Crippen LogP) is 5.04. The van der Waals surface area contributed by atoms with Crippen molar-refractivity contribution in [2.45, 2.75) is 19.4 Å². The van der Waals surface area contributed by atoms with Crippen LogP contribution in [0.4, 0.5) is 5.69 Å². The summed E-state index contributed by atoms with van der Waals surface area (Å²) in [6, 6.07) is 22.2. The van der Waals surface area contributed by atoms with E-state index in [1.54, 1.807) is 48.5 Å². The first-order valence-electron chi connectivity index (χ1n) is 9.45. The number of anilines is 1. The van der Waals surface area contributed by atoms with Crippen LogP contribution in [-0.2, 0) is 4.79 Å². The fourth-order valence-electron chi connectivity index (χ4n) is 3.03. The van der Waals surface area contributed by atoms with Gasteiger partial charge < -0.3 is 10.6 Å². The SMILES string of the molecule is CC(=O)c1cccc(NC(=O)CC(NC(=O)c2ccccc2Cl)c2ccccc2)c1. The zero-order valence-electron chi connectivity index (χ0n) is 16.4. The zero-order valence-corrected chi connectivity index (χ0v) is 17.1. The molecular formula is C24H21ClN2O3. The average Bonchev–Trinajstić information content (AvgIpc) is 2.74. The molecule has 2 amide bonds. The van der Waals surface area contributed by atoms with Crippen molar-refractivity contribution in [3.63, 3.8) is 0 Å². The number of nitrogens with one attached hydrogen (secondary N) is 2. The average molecular weight is 421 g/mol. The maximum Gasteiger partial charge on any atom is 0.253 e. The number of ketones is 1. The molecule has 3 rings (SSSR count). The maximum atomic E-state index is 12.7. The van der Waals surface area contributed by atoms with E-state index in [0.29, 0.717) is 21.8 Å². The smallest absolute Gasteiger partial charge is 0.253 e. The summed E-state index contributed by atoms with van der Waals surface area (Å²) in [6.45, 7) is 1.47. The zero-order chi connectivity index (χ0) is 21.5. The molecule has 3 aromatic rings. The lowest BCUT2D eigenvalue weighted by molar-refractivity contribution is -0.116. The largest absolute Gasteiger partial charge is 0.345 e. The lowest BCUT2D eigenvalue weighted by Gasteiger charge is -2.19. The van der Waals surface area contributed by atoms with Gasteiger partial charge in [-0.1, -0.05) is 66.2 Å². The van der Waals surface area contributed by atoms with Gasteiger partial charge in [-0.3, -0.25) is 14.4 Å². The van der Waals surface area contributed by atoms with Gasteiger partial charge in [0, 0.05) is 11.3 Å². The van der Waals surface area contributed by atoms with Crippen molar-refractivity contribution in [1.82, 2.24) is 5.32 Å². The molecule has 0 radical (unpaired) electrons. The monoisotopic (exact) mass is 420 g/mol. The molecule has 0 spiro atoms. The number of benzene rings is 3. The Morgan fingerprint density at radius 3 is 2.30 bits per heavy atom. The third-order valence-corrected chi connectivity index (χ3v) is 4.90.